The Hall–Kier alpha value is -2.32. The van der Waals surface area contributed by atoms with Crippen LogP contribution in [0, 0.1) is 11.3 Å². The summed E-state index contributed by atoms with van der Waals surface area (Å²) < 4.78 is 1.49. The Bertz CT molecular complexity index is 751. The molecule has 0 saturated carbocycles. The second-order valence-electron chi connectivity index (χ2n) is 5.64. The predicted molar refractivity (Wildman–Crippen MR) is 78.9 cm³/mol. The molecule has 0 amide bonds. The van der Waals surface area contributed by atoms with Gasteiger partial charge in [-0.2, -0.15) is 10.4 Å². The Morgan fingerprint density at radius 2 is 2.10 bits per heavy atom. The van der Waals surface area contributed by atoms with Gasteiger partial charge in [0.2, 0.25) is 0 Å². The Morgan fingerprint density at radius 3 is 2.62 bits per heavy atom. The van der Waals surface area contributed by atoms with Gasteiger partial charge < -0.3 is 5.11 Å². The van der Waals surface area contributed by atoms with E-state index in [4.69, 9.17) is 16.9 Å². The molecule has 1 aromatic heterocycles. The fourth-order valence-electron chi connectivity index (χ4n) is 2.08. The van der Waals surface area contributed by atoms with Crippen LogP contribution in [0.3, 0.4) is 0 Å². The van der Waals surface area contributed by atoms with E-state index < -0.39 is 11.4 Å². The molecule has 6 heteroatoms. The summed E-state index contributed by atoms with van der Waals surface area (Å²) in [7, 11) is 0. The molecule has 0 spiro atoms. The lowest BCUT2D eigenvalue weighted by Gasteiger charge is -2.21. The van der Waals surface area contributed by atoms with Gasteiger partial charge in [0, 0.05) is 5.41 Å². The van der Waals surface area contributed by atoms with E-state index in [1.807, 2.05) is 26.8 Å². The summed E-state index contributed by atoms with van der Waals surface area (Å²) in [5, 5.41) is 22.4. The highest BCUT2D eigenvalue weighted by Gasteiger charge is 2.29. The molecule has 108 valence electrons. The van der Waals surface area contributed by atoms with Crippen molar-refractivity contribution < 1.29 is 9.90 Å². The van der Waals surface area contributed by atoms with Gasteiger partial charge in [-0.3, -0.25) is 0 Å². The predicted octanol–water partition coefficient (Wildman–Crippen LogP) is 3.39. The number of aromatic nitrogens is 2. The van der Waals surface area contributed by atoms with E-state index in [0.717, 1.165) is 0 Å². The Balaban J connectivity index is 2.76. The van der Waals surface area contributed by atoms with Crippen LogP contribution >= 0.6 is 11.6 Å². The molecule has 21 heavy (non-hydrogen) atoms. The number of hydrogen-bond acceptors (Lipinski definition) is 3. The van der Waals surface area contributed by atoms with Crippen molar-refractivity contribution in [3.8, 4) is 11.8 Å². The van der Waals surface area contributed by atoms with Crippen molar-refractivity contribution in [2.24, 2.45) is 0 Å². The van der Waals surface area contributed by atoms with Crippen LogP contribution in [0.2, 0.25) is 5.02 Å². The van der Waals surface area contributed by atoms with E-state index in [1.54, 1.807) is 24.3 Å². The number of benzene rings is 1. The summed E-state index contributed by atoms with van der Waals surface area (Å²) in [6, 6.07) is 8.84. The second kappa shape index (κ2) is 5.23. The minimum atomic E-state index is -1.18. The maximum atomic E-state index is 11.3. The van der Waals surface area contributed by atoms with Gasteiger partial charge in [-0.05, 0) is 18.2 Å². The lowest BCUT2D eigenvalue weighted by molar-refractivity contribution is 0.0690. The highest BCUT2D eigenvalue weighted by atomic mass is 35.5. The molecule has 5 nitrogen and oxygen atoms in total. The van der Waals surface area contributed by atoms with Crippen LogP contribution in [0.1, 0.15) is 42.5 Å². The quantitative estimate of drug-likeness (QED) is 0.922. The minimum Gasteiger partial charge on any atom is -0.476 e. The van der Waals surface area contributed by atoms with E-state index in [2.05, 4.69) is 5.10 Å². The topological polar surface area (TPSA) is 78.9 Å². The number of halogens is 1. The second-order valence-corrected chi connectivity index (χ2v) is 6.02. The molecule has 0 unspecified atom stereocenters. The van der Waals surface area contributed by atoms with Gasteiger partial charge >= 0.3 is 5.97 Å². The number of aromatic carboxylic acids is 1. The fraction of sp³-hybridized carbons (Fsp3) is 0.267. The first-order valence-corrected chi connectivity index (χ1v) is 6.66. The normalized spacial score (nSPS) is 11.2. The molecule has 0 atom stereocenters. The minimum absolute atomic E-state index is 0.123. The first kappa shape index (κ1) is 15.1. The number of hydrogen-bond donors (Lipinski definition) is 1. The summed E-state index contributed by atoms with van der Waals surface area (Å²) in [6.45, 7) is 5.77. The van der Waals surface area contributed by atoms with Gasteiger partial charge in [0.25, 0.3) is 0 Å². The SMILES string of the molecule is CC(C)(C)c1c(Cl)c(C(=O)O)nn1-c1cccc(C#N)c1. The van der Waals surface area contributed by atoms with Crippen LogP contribution < -0.4 is 0 Å². The number of nitrogens with zero attached hydrogens (tertiary/aromatic N) is 3. The van der Waals surface area contributed by atoms with Crippen LogP contribution in [-0.2, 0) is 5.41 Å². The van der Waals surface area contributed by atoms with Gasteiger partial charge in [-0.25, -0.2) is 9.48 Å². The third-order valence-corrected chi connectivity index (χ3v) is 3.32. The zero-order valence-corrected chi connectivity index (χ0v) is 12.6. The molecule has 1 heterocycles. The van der Waals surface area contributed by atoms with E-state index in [1.165, 1.54) is 4.68 Å². The molecule has 0 aliphatic rings. The number of carbonyl (C=O) groups is 1. The highest BCUT2D eigenvalue weighted by Crippen LogP contribution is 2.34. The average molecular weight is 304 g/mol. The molecule has 0 aliphatic heterocycles. The number of carboxylic acid groups (broad SMARTS) is 1. The molecule has 1 aromatic carbocycles. The van der Waals surface area contributed by atoms with Gasteiger partial charge in [-0.1, -0.05) is 38.4 Å². The van der Waals surface area contributed by atoms with Crippen LogP contribution in [0.25, 0.3) is 5.69 Å². The maximum Gasteiger partial charge on any atom is 0.358 e. The molecule has 0 bridgehead atoms. The van der Waals surface area contributed by atoms with E-state index in [-0.39, 0.29) is 10.7 Å². The monoisotopic (exact) mass is 303 g/mol. The van der Waals surface area contributed by atoms with E-state index in [0.29, 0.717) is 16.9 Å². The summed E-state index contributed by atoms with van der Waals surface area (Å²) in [5.74, 6) is -1.18. The highest BCUT2D eigenvalue weighted by molar-refractivity contribution is 6.34. The largest absolute Gasteiger partial charge is 0.476 e. The van der Waals surface area contributed by atoms with Gasteiger partial charge in [-0.15, -0.1) is 0 Å². The molecule has 2 aromatic rings. The first-order valence-electron chi connectivity index (χ1n) is 6.28. The number of nitriles is 1. The van der Waals surface area contributed by atoms with Crippen LogP contribution in [0.5, 0.6) is 0 Å². The first-order chi connectivity index (χ1) is 9.75. The third-order valence-electron chi connectivity index (χ3n) is 2.96. The van der Waals surface area contributed by atoms with Crippen molar-refractivity contribution >= 4 is 17.6 Å². The molecule has 2 rings (SSSR count). The van der Waals surface area contributed by atoms with Crippen molar-refractivity contribution in [1.29, 1.82) is 5.26 Å². The molecular weight excluding hydrogens is 290 g/mol. The van der Waals surface area contributed by atoms with Gasteiger partial charge in [0.1, 0.15) is 0 Å². The Labute approximate surface area is 127 Å². The third kappa shape index (κ3) is 2.76. The Kier molecular flexibility index (Phi) is 3.75. The summed E-state index contributed by atoms with van der Waals surface area (Å²) in [4.78, 5) is 11.3. The molecule has 0 fully saturated rings. The number of rotatable bonds is 2. The van der Waals surface area contributed by atoms with Gasteiger partial charge in [0.15, 0.2) is 5.69 Å². The van der Waals surface area contributed by atoms with E-state index in [9.17, 15) is 9.90 Å². The summed E-state index contributed by atoms with van der Waals surface area (Å²) in [5.41, 5.74) is 1.07. The van der Waals surface area contributed by atoms with Crippen LogP contribution in [0.4, 0.5) is 0 Å². The van der Waals surface area contributed by atoms with Crippen molar-refractivity contribution in [1.82, 2.24) is 9.78 Å². The molecule has 0 aliphatic carbocycles. The molecule has 1 N–H and O–H groups in total. The molecule has 0 radical (unpaired) electrons. The van der Waals surface area contributed by atoms with Crippen molar-refractivity contribution in [3.05, 3.63) is 46.2 Å². The molecule has 0 saturated heterocycles. The van der Waals surface area contributed by atoms with Crippen molar-refractivity contribution in [2.75, 3.05) is 0 Å². The smallest absolute Gasteiger partial charge is 0.358 e. The van der Waals surface area contributed by atoms with Gasteiger partial charge in [0.05, 0.1) is 28.0 Å². The van der Waals surface area contributed by atoms with E-state index >= 15 is 0 Å². The zero-order chi connectivity index (χ0) is 15.8. The van der Waals surface area contributed by atoms with Crippen LogP contribution in [0.15, 0.2) is 24.3 Å². The summed E-state index contributed by atoms with van der Waals surface area (Å²) in [6.07, 6.45) is 0. The van der Waals surface area contributed by atoms with Crippen LogP contribution in [-0.4, -0.2) is 20.9 Å². The zero-order valence-electron chi connectivity index (χ0n) is 11.9. The Morgan fingerprint density at radius 1 is 1.43 bits per heavy atom. The molecular formula is C15H14ClN3O2. The maximum absolute atomic E-state index is 11.3. The summed E-state index contributed by atoms with van der Waals surface area (Å²) >= 11 is 6.20. The standard InChI is InChI=1S/C15H14ClN3O2/c1-15(2,3)13-11(16)12(14(20)21)18-19(13)10-6-4-5-9(7-10)8-17/h4-7H,1-3H3,(H,20,21). The lowest BCUT2D eigenvalue weighted by atomic mass is 9.91. The fourth-order valence-corrected chi connectivity index (χ4v) is 2.56. The van der Waals surface area contributed by atoms with Crippen molar-refractivity contribution in [3.63, 3.8) is 0 Å². The van der Waals surface area contributed by atoms with Crippen molar-refractivity contribution in [2.45, 2.75) is 26.2 Å². The lowest BCUT2D eigenvalue weighted by Crippen LogP contribution is -2.18. The number of carboxylic acids is 1. The average Bonchev–Trinajstić information content (AvgIpc) is 2.76.